The first-order valence-corrected chi connectivity index (χ1v) is 14.0. The maximum atomic E-state index is 13.6. The molecule has 3 aromatic rings. The van der Waals surface area contributed by atoms with E-state index < -0.39 is 6.04 Å². The lowest BCUT2D eigenvalue weighted by Crippen LogP contribution is -2.51. The van der Waals surface area contributed by atoms with Gasteiger partial charge in [-0.1, -0.05) is 88.9 Å². The van der Waals surface area contributed by atoms with Crippen LogP contribution in [0.3, 0.4) is 0 Å². The van der Waals surface area contributed by atoms with Crippen molar-refractivity contribution in [2.45, 2.75) is 31.7 Å². The van der Waals surface area contributed by atoms with Crippen LogP contribution in [0.25, 0.3) is 0 Å². The van der Waals surface area contributed by atoms with Gasteiger partial charge in [0, 0.05) is 45.4 Å². The van der Waals surface area contributed by atoms with Gasteiger partial charge in [0.15, 0.2) is 0 Å². The van der Waals surface area contributed by atoms with Crippen LogP contribution in [0.4, 0.5) is 0 Å². The number of benzene rings is 3. The summed E-state index contributed by atoms with van der Waals surface area (Å²) in [4.78, 5) is 28.4. The van der Waals surface area contributed by atoms with E-state index >= 15 is 0 Å². The Morgan fingerprint density at radius 2 is 1.50 bits per heavy atom. The van der Waals surface area contributed by atoms with Gasteiger partial charge in [0.2, 0.25) is 11.8 Å². The Bertz CT molecular complexity index is 1190. The Hall–Kier alpha value is -1.89. The molecule has 36 heavy (non-hydrogen) atoms. The zero-order valence-corrected chi connectivity index (χ0v) is 23.5. The molecule has 0 bridgehead atoms. The third-order valence-electron chi connectivity index (χ3n) is 5.48. The second-order valence-electron chi connectivity index (χ2n) is 8.09. The van der Waals surface area contributed by atoms with E-state index in [1.54, 1.807) is 35.2 Å². The predicted molar refractivity (Wildman–Crippen MR) is 152 cm³/mol. The van der Waals surface area contributed by atoms with Gasteiger partial charge in [-0.05, 0) is 47.9 Å². The number of likely N-dealkylation sites (N-methyl/N-ethyl adjacent to an activating group) is 1. The van der Waals surface area contributed by atoms with Crippen molar-refractivity contribution in [3.8, 4) is 0 Å². The molecule has 0 aliphatic rings. The Morgan fingerprint density at radius 3 is 2.08 bits per heavy atom. The average molecular weight is 584 g/mol. The molecule has 9 heteroatoms. The molecule has 190 valence electrons. The second kappa shape index (κ2) is 14.2. The zero-order chi connectivity index (χ0) is 26.1. The molecule has 3 rings (SSSR count). The molecule has 0 saturated heterocycles. The predicted octanol–water partition coefficient (Wildman–Crippen LogP) is 7.31. The van der Waals surface area contributed by atoms with Crippen LogP contribution in [-0.2, 0) is 28.3 Å². The molecule has 0 aliphatic heterocycles. The summed E-state index contributed by atoms with van der Waals surface area (Å²) in [5, 5.41) is 4.93. The second-order valence-corrected chi connectivity index (χ2v) is 10.8. The summed E-state index contributed by atoms with van der Waals surface area (Å²) in [5.41, 5.74) is 2.55. The largest absolute Gasteiger partial charge is 0.355 e. The minimum Gasteiger partial charge on any atom is -0.355 e. The standard InChI is InChI=1S/C27H26Cl4N2O2S/c1-2-32-27(35)25(12-18-6-4-3-5-7-18)33(15-19-8-10-21(28)13-23(19)30)26(34)17-36-16-20-9-11-22(29)14-24(20)31/h3-11,13-14,25H,2,12,15-17H2,1H3,(H,32,35)/t25-/m1/s1. The van der Waals surface area contributed by atoms with E-state index in [1.165, 1.54) is 11.8 Å². The molecule has 0 fully saturated rings. The SMILES string of the molecule is CCNC(=O)[C@@H](Cc1ccccc1)N(Cc1ccc(Cl)cc1Cl)C(=O)CSCc1ccc(Cl)cc1Cl. The molecular formula is C27H26Cl4N2O2S. The van der Waals surface area contributed by atoms with Crippen LogP contribution in [-0.4, -0.2) is 35.1 Å². The Morgan fingerprint density at radius 1 is 0.889 bits per heavy atom. The monoisotopic (exact) mass is 582 g/mol. The number of thioether (sulfide) groups is 1. The molecule has 4 nitrogen and oxygen atoms in total. The van der Waals surface area contributed by atoms with Crippen LogP contribution in [0.5, 0.6) is 0 Å². The average Bonchev–Trinajstić information content (AvgIpc) is 2.84. The maximum absolute atomic E-state index is 13.6. The normalized spacial score (nSPS) is 11.7. The first-order valence-electron chi connectivity index (χ1n) is 11.3. The van der Waals surface area contributed by atoms with Crippen molar-refractivity contribution in [2.75, 3.05) is 12.3 Å². The van der Waals surface area contributed by atoms with E-state index in [2.05, 4.69) is 5.32 Å². The number of amides is 2. The fourth-order valence-electron chi connectivity index (χ4n) is 3.65. The number of rotatable bonds is 11. The number of nitrogens with zero attached hydrogens (tertiary/aromatic N) is 1. The van der Waals surface area contributed by atoms with Crippen LogP contribution in [0.15, 0.2) is 66.7 Å². The highest BCUT2D eigenvalue weighted by molar-refractivity contribution is 7.99. The van der Waals surface area contributed by atoms with E-state index in [0.717, 1.165) is 11.1 Å². The van der Waals surface area contributed by atoms with Gasteiger partial charge in [-0.3, -0.25) is 9.59 Å². The molecule has 0 aromatic heterocycles. The first kappa shape index (κ1) is 28.7. The summed E-state index contributed by atoms with van der Waals surface area (Å²) in [6.45, 7) is 2.48. The van der Waals surface area contributed by atoms with Gasteiger partial charge in [0.25, 0.3) is 0 Å². The summed E-state index contributed by atoms with van der Waals surface area (Å²) < 4.78 is 0. The third kappa shape index (κ3) is 8.32. The fourth-order valence-corrected chi connectivity index (χ4v) is 5.59. The maximum Gasteiger partial charge on any atom is 0.243 e. The molecule has 0 radical (unpaired) electrons. The van der Waals surface area contributed by atoms with E-state index in [0.29, 0.717) is 44.4 Å². The number of halogens is 4. The van der Waals surface area contributed by atoms with Crippen LogP contribution in [0, 0.1) is 0 Å². The molecule has 0 heterocycles. The first-order chi connectivity index (χ1) is 17.3. The topological polar surface area (TPSA) is 49.4 Å². The summed E-state index contributed by atoms with van der Waals surface area (Å²) in [6.07, 6.45) is 0.372. The number of carbonyl (C=O) groups is 2. The van der Waals surface area contributed by atoms with Gasteiger partial charge in [0.05, 0.1) is 5.75 Å². The van der Waals surface area contributed by atoms with E-state index in [-0.39, 0.29) is 24.1 Å². The van der Waals surface area contributed by atoms with Crippen molar-refractivity contribution in [2.24, 2.45) is 0 Å². The molecule has 2 amide bonds. The lowest BCUT2D eigenvalue weighted by molar-refractivity contribution is -0.139. The quantitative estimate of drug-likeness (QED) is 0.257. The molecule has 1 atom stereocenters. The van der Waals surface area contributed by atoms with Crippen LogP contribution in [0.1, 0.15) is 23.6 Å². The van der Waals surface area contributed by atoms with Gasteiger partial charge in [0.1, 0.15) is 6.04 Å². The summed E-state index contributed by atoms with van der Waals surface area (Å²) in [5.74, 6) is 0.297. The lowest BCUT2D eigenvalue weighted by Gasteiger charge is -2.31. The van der Waals surface area contributed by atoms with Gasteiger partial charge < -0.3 is 10.2 Å². The molecule has 0 unspecified atom stereocenters. The van der Waals surface area contributed by atoms with Gasteiger partial charge in [-0.15, -0.1) is 11.8 Å². The summed E-state index contributed by atoms with van der Waals surface area (Å²) >= 11 is 26.2. The highest BCUT2D eigenvalue weighted by Gasteiger charge is 2.30. The lowest BCUT2D eigenvalue weighted by atomic mass is 10.0. The molecular weight excluding hydrogens is 558 g/mol. The van der Waals surface area contributed by atoms with Crippen molar-refractivity contribution in [3.63, 3.8) is 0 Å². The number of hydrogen-bond acceptors (Lipinski definition) is 3. The van der Waals surface area contributed by atoms with E-state index in [1.807, 2.05) is 43.3 Å². The third-order valence-corrected chi connectivity index (χ3v) is 7.62. The van der Waals surface area contributed by atoms with Crippen molar-refractivity contribution in [3.05, 3.63) is 104 Å². The fraction of sp³-hybridized carbons (Fsp3) is 0.259. The van der Waals surface area contributed by atoms with E-state index in [9.17, 15) is 9.59 Å². The van der Waals surface area contributed by atoms with Gasteiger partial charge in [-0.25, -0.2) is 0 Å². The van der Waals surface area contributed by atoms with E-state index in [4.69, 9.17) is 46.4 Å². The van der Waals surface area contributed by atoms with Crippen molar-refractivity contribution in [1.82, 2.24) is 10.2 Å². The Balaban J connectivity index is 1.86. The van der Waals surface area contributed by atoms with Crippen LogP contribution in [0.2, 0.25) is 20.1 Å². The number of nitrogens with one attached hydrogen (secondary N) is 1. The molecule has 1 N–H and O–H groups in total. The van der Waals surface area contributed by atoms with Crippen molar-refractivity contribution in [1.29, 1.82) is 0 Å². The Kier molecular flexibility index (Phi) is 11.3. The highest BCUT2D eigenvalue weighted by Crippen LogP contribution is 2.27. The van der Waals surface area contributed by atoms with Crippen molar-refractivity contribution >= 4 is 70.0 Å². The highest BCUT2D eigenvalue weighted by atomic mass is 35.5. The number of hydrogen-bond donors (Lipinski definition) is 1. The molecule has 3 aromatic carbocycles. The molecule has 0 aliphatic carbocycles. The van der Waals surface area contributed by atoms with Gasteiger partial charge in [-0.2, -0.15) is 0 Å². The smallest absolute Gasteiger partial charge is 0.243 e. The Labute approximate surface area is 236 Å². The number of carbonyl (C=O) groups excluding carboxylic acids is 2. The zero-order valence-electron chi connectivity index (χ0n) is 19.6. The summed E-state index contributed by atoms with van der Waals surface area (Å²) in [6, 6.07) is 19.4. The van der Waals surface area contributed by atoms with Crippen LogP contribution >= 0.6 is 58.2 Å². The minimum absolute atomic E-state index is 0.162. The molecule has 0 saturated carbocycles. The van der Waals surface area contributed by atoms with Crippen molar-refractivity contribution < 1.29 is 9.59 Å². The molecule has 0 spiro atoms. The van der Waals surface area contributed by atoms with Crippen LogP contribution < -0.4 is 5.32 Å². The van der Waals surface area contributed by atoms with Gasteiger partial charge >= 0.3 is 0 Å². The summed E-state index contributed by atoms with van der Waals surface area (Å²) in [7, 11) is 0. The minimum atomic E-state index is -0.716.